The Labute approximate surface area is 263 Å². The molecule has 4 saturated carbocycles. The standard InChI is InChI=1S/C36H58O8/c1-20-11-16-36(30(41)44-29-27(40)26(39)25(38)22(19-37)43-29)18-17-33(5)21(28(36)35(20,7)42)9-10-24-32(4)14-8-13-31(2,3)23(32)12-15-34(24,33)6/h9,20,22-29,37-40,42H,8,10-19H2,1-7H3/t20-,22-,23+,24-,25-,26+,27-,28-,29+,32+,33-,34-,35-,36+/m1/s1. The lowest BCUT2D eigenvalue weighted by molar-refractivity contribution is -0.299. The highest BCUT2D eigenvalue weighted by Crippen LogP contribution is 2.76. The Morgan fingerprint density at radius 3 is 2.30 bits per heavy atom. The van der Waals surface area contributed by atoms with Crippen molar-refractivity contribution in [3.63, 3.8) is 0 Å². The van der Waals surface area contributed by atoms with Crippen molar-refractivity contribution in [2.45, 2.75) is 149 Å². The molecule has 250 valence electrons. The second-order valence-electron chi connectivity index (χ2n) is 17.5. The fraction of sp³-hybridized carbons (Fsp3) is 0.917. The number of allylic oxidation sites excluding steroid dienone is 1. The number of aliphatic hydroxyl groups is 5. The molecule has 44 heavy (non-hydrogen) atoms. The number of aliphatic hydroxyl groups excluding tert-OH is 4. The average molecular weight is 619 g/mol. The number of esters is 1. The molecule has 8 heteroatoms. The predicted octanol–water partition coefficient (Wildman–Crippen LogP) is 4.49. The van der Waals surface area contributed by atoms with Gasteiger partial charge in [-0.05, 0) is 104 Å². The molecule has 8 nitrogen and oxygen atoms in total. The van der Waals surface area contributed by atoms with Crippen molar-refractivity contribution in [3.8, 4) is 0 Å². The van der Waals surface area contributed by atoms with Gasteiger partial charge in [-0.3, -0.25) is 4.79 Å². The van der Waals surface area contributed by atoms with Crippen molar-refractivity contribution in [3.05, 3.63) is 11.6 Å². The van der Waals surface area contributed by atoms with Gasteiger partial charge >= 0.3 is 5.97 Å². The van der Waals surface area contributed by atoms with E-state index in [4.69, 9.17) is 9.47 Å². The number of carbonyl (C=O) groups is 1. The number of hydrogen-bond acceptors (Lipinski definition) is 8. The maximum atomic E-state index is 14.4. The van der Waals surface area contributed by atoms with Crippen LogP contribution < -0.4 is 0 Å². The quantitative estimate of drug-likeness (QED) is 0.231. The van der Waals surface area contributed by atoms with Crippen LogP contribution in [0.25, 0.3) is 0 Å². The van der Waals surface area contributed by atoms with Crippen LogP contribution in [0, 0.1) is 50.7 Å². The molecule has 0 radical (unpaired) electrons. The maximum absolute atomic E-state index is 14.4. The van der Waals surface area contributed by atoms with Gasteiger partial charge in [-0.25, -0.2) is 0 Å². The number of hydrogen-bond donors (Lipinski definition) is 5. The monoisotopic (exact) mass is 618 g/mol. The zero-order chi connectivity index (χ0) is 32.3. The Hall–Kier alpha value is -1.03. The van der Waals surface area contributed by atoms with Gasteiger partial charge in [-0.1, -0.05) is 59.6 Å². The molecule has 5 aliphatic carbocycles. The first-order valence-electron chi connectivity index (χ1n) is 17.4. The molecule has 14 atom stereocenters. The molecular formula is C36H58O8. The fourth-order valence-corrected chi connectivity index (χ4v) is 12.3. The lowest BCUT2D eigenvalue weighted by Gasteiger charge is -2.71. The highest BCUT2D eigenvalue weighted by atomic mass is 16.7. The average Bonchev–Trinajstić information content (AvgIpc) is 2.95. The molecule has 6 aliphatic rings. The van der Waals surface area contributed by atoms with Gasteiger partial charge in [0.2, 0.25) is 6.29 Å². The molecule has 1 heterocycles. The summed E-state index contributed by atoms with van der Waals surface area (Å²) in [5, 5.41) is 53.4. The molecule has 5 fully saturated rings. The SMILES string of the molecule is C[C@@H]1CC[C@]2(C(=O)O[C@@H]3O[C@H](CO)[C@@H](O)[C@H](O)[C@H]3O)CC[C@]3(C)C(=CC[C@@H]4[C@@]5(C)CCCC(C)(C)[C@@H]5CC[C@]43C)[C@@H]2[C@]1(C)O. The molecule has 0 unspecified atom stereocenters. The van der Waals surface area contributed by atoms with E-state index in [0.717, 1.165) is 19.3 Å². The summed E-state index contributed by atoms with van der Waals surface area (Å²) in [4.78, 5) is 14.4. The zero-order valence-corrected chi connectivity index (χ0v) is 28.0. The Balaban J connectivity index is 1.39. The summed E-state index contributed by atoms with van der Waals surface area (Å²) in [6.45, 7) is 15.8. The number of fused-ring (bicyclic) bond motifs is 7. The molecule has 5 N–H and O–H groups in total. The van der Waals surface area contributed by atoms with Gasteiger partial charge in [0, 0.05) is 5.92 Å². The van der Waals surface area contributed by atoms with Crippen molar-refractivity contribution in [1.29, 1.82) is 0 Å². The van der Waals surface area contributed by atoms with Crippen LogP contribution in [-0.2, 0) is 14.3 Å². The van der Waals surface area contributed by atoms with E-state index >= 15 is 0 Å². The molecular weight excluding hydrogens is 560 g/mol. The van der Waals surface area contributed by atoms with E-state index in [1.807, 2.05) is 6.92 Å². The number of ether oxygens (including phenoxy) is 2. The van der Waals surface area contributed by atoms with Crippen LogP contribution in [-0.4, -0.2) is 74.4 Å². The van der Waals surface area contributed by atoms with Gasteiger partial charge in [0.25, 0.3) is 0 Å². The van der Waals surface area contributed by atoms with E-state index in [1.54, 1.807) is 0 Å². The normalized spacial score (nSPS) is 55.0. The Kier molecular flexibility index (Phi) is 7.84. The van der Waals surface area contributed by atoms with Crippen LogP contribution in [0.5, 0.6) is 0 Å². The minimum atomic E-state index is -1.66. The number of carbonyl (C=O) groups excluding carboxylic acids is 1. The molecule has 1 saturated heterocycles. The summed E-state index contributed by atoms with van der Waals surface area (Å²) >= 11 is 0. The zero-order valence-electron chi connectivity index (χ0n) is 28.0. The van der Waals surface area contributed by atoms with Crippen LogP contribution in [0.15, 0.2) is 11.6 Å². The maximum Gasteiger partial charge on any atom is 0.315 e. The van der Waals surface area contributed by atoms with Gasteiger partial charge in [0.1, 0.15) is 24.4 Å². The minimum Gasteiger partial charge on any atom is -0.432 e. The summed E-state index contributed by atoms with van der Waals surface area (Å²) in [5.74, 6) is 0.192. The molecule has 0 aromatic heterocycles. The van der Waals surface area contributed by atoms with Crippen molar-refractivity contribution in [1.82, 2.24) is 0 Å². The van der Waals surface area contributed by atoms with Gasteiger partial charge < -0.3 is 35.0 Å². The van der Waals surface area contributed by atoms with E-state index in [9.17, 15) is 30.3 Å². The van der Waals surface area contributed by atoms with Gasteiger partial charge in [-0.15, -0.1) is 0 Å². The largest absolute Gasteiger partial charge is 0.432 e. The van der Waals surface area contributed by atoms with Gasteiger partial charge in [-0.2, -0.15) is 0 Å². The van der Waals surface area contributed by atoms with Crippen LogP contribution in [0.2, 0.25) is 0 Å². The second-order valence-corrected chi connectivity index (χ2v) is 17.5. The van der Waals surface area contributed by atoms with E-state index in [-0.39, 0.29) is 22.2 Å². The third-order valence-electron chi connectivity index (χ3n) is 15.3. The van der Waals surface area contributed by atoms with E-state index in [2.05, 4.69) is 47.6 Å². The second kappa shape index (κ2) is 10.5. The van der Waals surface area contributed by atoms with Gasteiger partial charge in [0.15, 0.2) is 0 Å². The third kappa shape index (κ3) is 4.26. The molecule has 0 spiro atoms. The first-order chi connectivity index (χ1) is 20.4. The molecule has 0 aromatic rings. The molecule has 0 bridgehead atoms. The summed E-state index contributed by atoms with van der Waals surface area (Å²) in [5.41, 5.74) is -0.559. The highest BCUT2D eigenvalue weighted by Gasteiger charge is 2.71. The van der Waals surface area contributed by atoms with Crippen LogP contribution in [0.1, 0.15) is 113 Å². The lowest BCUT2D eigenvalue weighted by atomic mass is 9.33. The molecule has 0 aromatic carbocycles. The molecule has 6 rings (SSSR count). The van der Waals surface area contributed by atoms with Gasteiger partial charge in [0.05, 0.1) is 17.6 Å². The summed E-state index contributed by atoms with van der Waals surface area (Å²) in [6.07, 6.45) is 4.57. The van der Waals surface area contributed by atoms with Crippen LogP contribution >= 0.6 is 0 Å². The highest BCUT2D eigenvalue weighted by molar-refractivity contribution is 5.79. The van der Waals surface area contributed by atoms with Crippen molar-refractivity contribution >= 4 is 5.97 Å². The van der Waals surface area contributed by atoms with Crippen LogP contribution in [0.4, 0.5) is 0 Å². The smallest absolute Gasteiger partial charge is 0.315 e. The van der Waals surface area contributed by atoms with E-state index in [0.29, 0.717) is 36.5 Å². The summed E-state index contributed by atoms with van der Waals surface area (Å²) in [7, 11) is 0. The van der Waals surface area contributed by atoms with Crippen molar-refractivity contribution < 1.29 is 39.8 Å². The fourth-order valence-electron chi connectivity index (χ4n) is 12.3. The van der Waals surface area contributed by atoms with Crippen molar-refractivity contribution in [2.24, 2.45) is 50.7 Å². The number of rotatable bonds is 3. The molecule has 1 aliphatic heterocycles. The molecule has 0 amide bonds. The third-order valence-corrected chi connectivity index (χ3v) is 15.3. The summed E-state index contributed by atoms with van der Waals surface area (Å²) in [6, 6.07) is 0. The Morgan fingerprint density at radius 1 is 0.909 bits per heavy atom. The predicted molar refractivity (Wildman–Crippen MR) is 165 cm³/mol. The first kappa shape index (κ1) is 32.9. The lowest BCUT2D eigenvalue weighted by Crippen LogP contribution is -2.67. The topological polar surface area (TPSA) is 137 Å². The van der Waals surface area contributed by atoms with E-state index in [1.165, 1.54) is 31.3 Å². The minimum absolute atomic E-state index is 0.0261. The van der Waals surface area contributed by atoms with Crippen LogP contribution in [0.3, 0.4) is 0 Å². The van der Waals surface area contributed by atoms with E-state index < -0.39 is 60.2 Å². The van der Waals surface area contributed by atoms with Crippen molar-refractivity contribution in [2.75, 3.05) is 6.61 Å². The first-order valence-corrected chi connectivity index (χ1v) is 17.4. The Bertz CT molecular complexity index is 1180. The Morgan fingerprint density at radius 2 is 1.61 bits per heavy atom. The summed E-state index contributed by atoms with van der Waals surface area (Å²) < 4.78 is 11.5.